The molecular weight excluding hydrogens is 238 g/mol. The Morgan fingerprint density at radius 3 is 2.74 bits per heavy atom. The molecule has 1 aromatic rings. The molecule has 4 nitrogen and oxygen atoms in total. The number of oxazole rings is 1. The van der Waals surface area contributed by atoms with E-state index in [4.69, 9.17) is 4.42 Å². The van der Waals surface area contributed by atoms with E-state index in [1.807, 2.05) is 13.8 Å². The van der Waals surface area contributed by atoms with Crippen LogP contribution in [0.3, 0.4) is 0 Å². The lowest BCUT2D eigenvalue weighted by molar-refractivity contribution is 0.0880. The van der Waals surface area contributed by atoms with Crippen molar-refractivity contribution in [2.75, 3.05) is 19.6 Å². The van der Waals surface area contributed by atoms with Crippen LogP contribution >= 0.6 is 0 Å². The predicted molar refractivity (Wildman–Crippen MR) is 75.1 cm³/mol. The second-order valence-corrected chi connectivity index (χ2v) is 6.23. The number of aryl methyl sites for hydroxylation is 2. The lowest BCUT2D eigenvalue weighted by Gasteiger charge is -2.45. The molecule has 0 radical (unpaired) electrons. The van der Waals surface area contributed by atoms with Gasteiger partial charge in [0.05, 0.1) is 12.2 Å². The molecule has 1 N–H and O–H groups in total. The SMILES string of the molecule is Cc1nc(CN2CCNC3(CCCCC3)C2)oc1C. The molecule has 1 saturated heterocycles. The minimum absolute atomic E-state index is 0.368. The van der Waals surface area contributed by atoms with Gasteiger partial charge in [0, 0.05) is 25.2 Å². The fourth-order valence-electron chi connectivity index (χ4n) is 3.54. The van der Waals surface area contributed by atoms with Crippen molar-refractivity contribution in [3.8, 4) is 0 Å². The van der Waals surface area contributed by atoms with Crippen LogP contribution < -0.4 is 5.32 Å². The minimum Gasteiger partial charge on any atom is -0.444 e. The standard InChI is InChI=1S/C15H25N3O/c1-12-13(2)19-14(17-12)10-18-9-8-16-15(11-18)6-4-3-5-7-15/h16H,3-11H2,1-2H3. The molecule has 2 fully saturated rings. The van der Waals surface area contributed by atoms with Gasteiger partial charge < -0.3 is 9.73 Å². The summed E-state index contributed by atoms with van der Waals surface area (Å²) in [6.07, 6.45) is 6.80. The number of aromatic nitrogens is 1. The van der Waals surface area contributed by atoms with Crippen molar-refractivity contribution in [3.05, 3.63) is 17.3 Å². The maximum Gasteiger partial charge on any atom is 0.208 e. The Balaban J connectivity index is 1.64. The molecule has 0 amide bonds. The Kier molecular flexibility index (Phi) is 3.63. The molecule has 1 spiro atoms. The Labute approximate surface area is 115 Å². The molecule has 1 aliphatic carbocycles. The number of rotatable bonds is 2. The molecule has 106 valence electrons. The first-order valence-electron chi connectivity index (χ1n) is 7.57. The number of nitrogens with zero attached hydrogens (tertiary/aromatic N) is 2. The van der Waals surface area contributed by atoms with Gasteiger partial charge in [0.1, 0.15) is 5.76 Å². The van der Waals surface area contributed by atoms with Crippen molar-refractivity contribution in [2.45, 2.75) is 58.0 Å². The molecule has 3 rings (SSSR count). The van der Waals surface area contributed by atoms with Crippen molar-refractivity contribution in [1.82, 2.24) is 15.2 Å². The summed E-state index contributed by atoms with van der Waals surface area (Å²) in [6, 6.07) is 0. The summed E-state index contributed by atoms with van der Waals surface area (Å²) < 4.78 is 5.72. The van der Waals surface area contributed by atoms with Crippen LogP contribution in [-0.2, 0) is 6.54 Å². The average Bonchev–Trinajstić information content (AvgIpc) is 2.69. The van der Waals surface area contributed by atoms with Gasteiger partial charge in [-0.3, -0.25) is 4.90 Å². The minimum atomic E-state index is 0.368. The third-order valence-electron chi connectivity index (χ3n) is 4.70. The van der Waals surface area contributed by atoms with E-state index in [0.29, 0.717) is 5.54 Å². The van der Waals surface area contributed by atoms with Crippen LogP contribution in [0.4, 0.5) is 0 Å². The highest BCUT2D eigenvalue weighted by atomic mass is 16.4. The Morgan fingerprint density at radius 1 is 1.26 bits per heavy atom. The van der Waals surface area contributed by atoms with E-state index >= 15 is 0 Å². The molecule has 19 heavy (non-hydrogen) atoms. The Bertz CT molecular complexity index is 410. The first-order valence-corrected chi connectivity index (χ1v) is 7.57. The van der Waals surface area contributed by atoms with Crippen molar-refractivity contribution in [1.29, 1.82) is 0 Å². The molecule has 0 aromatic carbocycles. The van der Waals surface area contributed by atoms with Gasteiger partial charge in [-0.05, 0) is 26.7 Å². The summed E-state index contributed by atoms with van der Waals surface area (Å²) in [5.74, 6) is 1.83. The maximum atomic E-state index is 5.72. The largest absolute Gasteiger partial charge is 0.444 e. The van der Waals surface area contributed by atoms with Crippen LogP contribution in [-0.4, -0.2) is 35.1 Å². The van der Waals surface area contributed by atoms with Gasteiger partial charge in [-0.2, -0.15) is 0 Å². The van der Waals surface area contributed by atoms with E-state index in [0.717, 1.165) is 43.5 Å². The van der Waals surface area contributed by atoms with Gasteiger partial charge >= 0.3 is 0 Å². The van der Waals surface area contributed by atoms with Gasteiger partial charge in [-0.25, -0.2) is 4.98 Å². The first kappa shape index (κ1) is 13.1. The van der Waals surface area contributed by atoms with Crippen LogP contribution in [0.5, 0.6) is 0 Å². The second kappa shape index (κ2) is 5.25. The van der Waals surface area contributed by atoms with Crippen molar-refractivity contribution in [2.24, 2.45) is 0 Å². The van der Waals surface area contributed by atoms with E-state index in [2.05, 4.69) is 15.2 Å². The number of hydrogen-bond acceptors (Lipinski definition) is 4. The molecule has 1 saturated carbocycles. The van der Waals surface area contributed by atoms with Gasteiger partial charge in [0.25, 0.3) is 0 Å². The zero-order valence-electron chi connectivity index (χ0n) is 12.2. The molecule has 0 bridgehead atoms. The van der Waals surface area contributed by atoms with Gasteiger partial charge in [-0.15, -0.1) is 0 Å². The molecule has 4 heteroatoms. The second-order valence-electron chi connectivity index (χ2n) is 6.23. The number of hydrogen-bond donors (Lipinski definition) is 1. The van der Waals surface area contributed by atoms with Crippen molar-refractivity contribution >= 4 is 0 Å². The van der Waals surface area contributed by atoms with Crippen LogP contribution in [0.1, 0.15) is 49.4 Å². The Hall–Kier alpha value is -0.870. The predicted octanol–water partition coefficient (Wildman–Crippen LogP) is 2.40. The molecule has 0 atom stereocenters. The van der Waals surface area contributed by atoms with E-state index in [9.17, 15) is 0 Å². The lowest BCUT2D eigenvalue weighted by atomic mass is 9.80. The number of nitrogens with one attached hydrogen (secondary N) is 1. The summed E-state index contributed by atoms with van der Waals surface area (Å²) in [6.45, 7) is 8.21. The zero-order valence-corrected chi connectivity index (χ0v) is 12.2. The molecule has 2 aliphatic rings. The fraction of sp³-hybridized carbons (Fsp3) is 0.800. The van der Waals surface area contributed by atoms with Crippen LogP contribution in [0, 0.1) is 13.8 Å². The molecular formula is C15H25N3O. The van der Waals surface area contributed by atoms with Gasteiger partial charge in [0.2, 0.25) is 5.89 Å². The lowest BCUT2D eigenvalue weighted by Crippen LogP contribution is -2.60. The Morgan fingerprint density at radius 2 is 2.05 bits per heavy atom. The van der Waals surface area contributed by atoms with E-state index in [1.54, 1.807) is 0 Å². The maximum absolute atomic E-state index is 5.72. The third-order valence-corrected chi connectivity index (χ3v) is 4.70. The van der Waals surface area contributed by atoms with Crippen molar-refractivity contribution in [3.63, 3.8) is 0 Å². The van der Waals surface area contributed by atoms with E-state index in [-0.39, 0.29) is 0 Å². The smallest absolute Gasteiger partial charge is 0.208 e. The van der Waals surface area contributed by atoms with E-state index in [1.165, 1.54) is 32.1 Å². The van der Waals surface area contributed by atoms with Gasteiger partial charge in [0.15, 0.2) is 0 Å². The van der Waals surface area contributed by atoms with Crippen LogP contribution in [0.15, 0.2) is 4.42 Å². The summed E-state index contributed by atoms with van der Waals surface area (Å²) in [5.41, 5.74) is 1.39. The highest BCUT2D eigenvalue weighted by Gasteiger charge is 2.36. The highest BCUT2D eigenvalue weighted by molar-refractivity contribution is 5.06. The van der Waals surface area contributed by atoms with E-state index < -0.39 is 0 Å². The van der Waals surface area contributed by atoms with Crippen LogP contribution in [0.2, 0.25) is 0 Å². The quantitative estimate of drug-likeness (QED) is 0.889. The zero-order chi connectivity index (χ0) is 13.3. The molecule has 0 unspecified atom stereocenters. The summed E-state index contributed by atoms with van der Waals surface area (Å²) in [5, 5.41) is 3.77. The van der Waals surface area contributed by atoms with Crippen LogP contribution in [0.25, 0.3) is 0 Å². The monoisotopic (exact) mass is 263 g/mol. The molecule has 2 heterocycles. The number of piperazine rings is 1. The average molecular weight is 263 g/mol. The highest BCUT2D eigenvalue weighted by Crippen LogP contribution is 2.31. The topological polar surface area (TPSA) is 41.3 Å². The molecule has 1 aromatic heterocycles. The van der Waals surface area contributed by atoms with Gasteiger partial charge in [-0.1, -0.05) is 19.3 Å². The normalized spacial score (nSPS) is 23.9. The third kappa shape index (κ3) is 2.84. The summed E-state index contributed by atoms with van der Waals surface area (Å²) in [4.78, 5) is 7.02. The first-order chi connectivity index (χ1) is 9.17. The van der Waals surface area contributed by atoms with Crippen molar-refractivity contribution < 1.29 is 4.42 Å². The fourth-order valence-corrected chi connectivity index (χ4v) is 3.54. The molecule has 1 aliphatic heterocycles. The summed E-state index contributed by atoms with van der Waals surface area (Å²) in [7, 11) is 0. The summed E-state index contributed by atoms with van der Waals surface area (Å²) >= 11 is 0.